The number of rotatable bonds is 3. The third kappa shape index (κ3) is 3.54. The van der Waals surface area contributed by atoms with E-state index in [0.717, 1.165) is 4.47 Å². The van der Waals surface area contributed by atoms with E-state index in [0.29, 0.717) is 5.56 Å². The Labute approximate surface area is 104 Å². The van der Waals surface area contributed by atoms with E-state index in [1.165, 1.54) is 6.07 Å². The van der Waals surface area contributed by atoms with Crippen molar-refractivity contribution in [1.82, 2.24) is 0 Å². The van der Waals surface area contributed by atoms with E-state index >= 15 is 0 Å². The van der Waals surface area contributed by atoms with Crippen LogP contribution < -0.4 is 5.73 Å². The molecule has 1 atom stereocenters. The van der Waals surface area contributed by atoms with E-state index in [2.05, 4.69) is 15.9 Å². The highest BCUT2D eigenvalue weighted by atomic mass is 79.9. The molecule has 1 aromatic carbocycles. The Bertz CT molecular complexity index is 385. The molecule has 0 aromatic heterocycles. The fourth-order valence-corrected chi connectivity index (χ4v) is 2.29. The molecule has 1 aromatic rings. The molecule has 2 nitrogen and oxygen atoms in total. The molecule has 90 valence electrons. The fraction of sp³-hybridized carbons (Fsp3) is 0.500. The number of hydrogen-bond acceptors (Lipinski definition) is 2. The summed E-state index contributed by atoms with van der Waals surface area (Å²) >= 11 is 3.28. The summed E-state index contributed by atoms with van der Waals surface area (Å²) in [4.78, 5) is 0. The second-order valence-corrected chi connectivity index (χ2v) is 5.95. The summed E-state index contributed by atoms with van der Waals surface area (Å²) in [5.74, 6) is -0.350. The van der Waals surface area contributed by atoms with Gasteiger partial charge in [-0.3, -0.25) is 0 Å². The van der Waals surface area contributed by atoms with Gasteiger partial charge in [0.25, 0.3) is 0 Å². The highest BCUT2D eigenvalue weighted by Gasteiger charge is 2.31. The Kier molecular flexibility index (Phi) is 3.77. The molecule has 0 fully saturated rings. The molecule has 0 amide bonds. The summed E-state index contributed by atoms with van der Waals surface area (Å²) in [6.45, 7) is 5.04. The Hall–Kier alpha value is -0.450. The summed E-state index contributed by atoms with van der Waals surface area (Å²) in [6, 6.07) is 4.65. The predicted octanol–water partition coefficient (Wildman–Crippen LogP) is 2.92. The maximum absolute atomic E-state index is 13.7. The minimum absolute atomic E-state index is 0.285. The van der Waals surface area contributed by atoms with Crippen molar-refractivity contribution in [3.8, 4) is 0 Å². The van der Waals surface area contributed by atoms with Crippen molar-refractivity contribution in [2.45, 2.75) is 38.3 Å². The minimum Gasteiger partial charge on any atom is -0.390 e. The van der Waals surface area contributed by atoms with Crippen molar-refractivity contribution >= 4 is 15.9 Å². The molecule has 0 bridgehead atoms. The van der Waals surface area contributed by atoms with Gasteiger partial charge in [0.15, 0.2) is 0 Å². The molecule has 4 heteroatoms. The van der Waals surface area contributed by atoms with E-state index in [-0.39, 0.29) is 12.2 Å². The van der Waals surface area contributed by atoms with Crippen LogP contribution in [0.1, 0.15) is 32.8 Å². The summed E-state index contributed by atoms with van der Waals surface area (Å²) in [7, 11) is 0. The minimum atomic E-state index is -0.932. The van der Waals surface area contributed by atoms with Crippen LogP contribution in [0.2, 0.25) is 0 Å². The first-order valence-electron chi connectivity index (χ1n) is 5.09. The molecule has 16 heavy (non-hydrogen) atoms. The number of nitrogens with two attached hydrogens (primary N) is 1. The van der Waals surface area contributed by atoms with Crippen molar-refractivity contribution in [2.75, 3.05) is 0 Å². The van der Waals surface area contributed by atoms with E-state index in [4.69, 9.17) is 5.73 Å². The molecule has 0 saturated carbocycles. The topological polar surface area (TPSA) is 46.2 Å². The normalized spacial score (nSPS) is 15.9. The molecule has 0 spiro atoms. The average molecular weight is 290 g/mol. The van der Waals surface area contributed by atoms with E-state index in [9.17, 15) is 9.50 Å². The van der Waals surface area contributed by atoms with Crippen molar-refractivity contribution in [1.29, 1.82) is 0 Å². The van der Waals surface area contributed by atoms with E-state index in [1.807, 2.05) is 0 Å². The SMILES string of the molecule is CC(C)(O)C[C@](C)(N)c1cc(Br)ccc1F. The average Bonchev–Trinajstić information content (AvgIpc) is 2.04. The van der Waals surface area contributed by atoms with Crippen LogP contribution in [0.4, 0.5) is 4.39 Å². The first kappa shape index (κ1) is 13.6. The second kappa shape index (κ2) is 4.43. The molecule has 3 N–H and O–H groups in total. The molecule has 0 unspecified atom stereocenters. The van der Waals surface area contributed by atoms with Crippen LogP contribution in [-0.2, 0) is 5.54 Å². The van der Waals surface area contributed by atoms with Gasteiger partial charge in [-0.2, -0.15) is 0 Å². The van der Waals surface area contributed by atoms with Crippen LogP contribution in [-0.4, -0.2) is 10.7 Å². The van der Waals surface area contributed by atoms with Gasteiger partial charge >= 0.3 is 0 Å². The van der Waals surface area contributed by atoms with Gasteiger partial charge in [0.2, 0.25) is 0 Å². The maximum atomic E-state index is 13.7. The van der Waals surface area contributed by atoms with Crippen LogP contribution in [0, 0.1) is 5.82 Å². The Morgan fingerprint density at radius 3 is 2.44 bits per heavy atom. The number of halogens is 2. The van der Waals surface area contributed by atoms with Gasteiger partial charge in [-0.05, 0) is 45.4 Å². The van der Waals surface area contributed by atoms with Gasteiger partial charge in [0.05, 0.1) is 5.60 Å². The second-order valence-electron chi connectivity index (χ2n) is 5.03. The van der Waals surface area contributed by atoms with Crippen LogP contribution >= 0.6 is 15.9 Å². The molecule has 0 heterocycles. The Balaban J connectivity index is 3.11. The molecule has 0 radical (unpaired) electrons. The Morgan fingerprint density at radius 2 is 1.94 bits per heavy atom. The molecular formula is C12H17BrFNO. The zero-order valence-electron chi connectivity index (χ0n) is 9.72. The summed E-state index contributed by atoms with van der Waals surface area (Å²) in [6.07, 6.45) is 0.285. The molecule has 0 saturated heterocycles. The fourth-order valence-electron chi connectivity index (χ4n) is 1.93. The largest absolute Gasteiger partial charge is 0.390 e. The van der Waals surface area contributed by atoms with Crippen molar-refractivity contribution in [2.24, 2.45) is 5.73 Å². The van der Waals surface area contributed by atoms with Gasteiger partial charge in [-0.1, -0.05) is 15.9 Å². The van der Waals surface area contributed by atoms with Crippen LogP contribution in [0.15, 0.2) is 22.7 Å². The number of hydrogen-bond donors (Lipinski definition) is 2. The van der Waals surface area contributed by atoms with Gasteiger partial charge < -0.3 is 10.8 Å². The zero-order valence-corrected chi connectivity index (χ0v) is 11.3. The van der Waals surface area contributed by atoms with Gasteiger partial charge in [0.1, 0.15) is 5.82 Å². The monoisotopic (exact) mass is 289 g/mol. The van der Waals surface area contributed by atoms with Crippen molar-refractivity contribution in [3.63, 3.8) is 0 Å². The zero-order chi connectivity index (χ0) is 12.6. The molecular weight excluding hydrogens is 273 g/mol. The third-order valence-electron chi connectivity index (χ3n) is 2.34. The summed E-state index contributed by atoms with van der Waals surface area (Å²) in [5, 5.41) is 9.76. The molecule has 0 aliphatic carbocycles. The highest BCUT2D eigenvalue weighted by Crippen LogP contribution is 2.31. The lowest BCUT2D eigenvalue weighted by molar-refractivity contribution is 0.0472. The molecule has 1 rings (SSSR count). The quantitative estimate of drug-likeness (QED) is 0.899. The molecule has 0 aliphatic heterocycles. The summed E-state index contributed by atoms with van der Waals surface area (Å²) in [5.41, 5.74) is 4.65. The van der Waals surface area contributed by atoms with Crippen molar-refractivity contribution in [3.05, 3.63) is 34.1 Å². The van der Waals surface area contributed by atoms with E-state index in [1.54, 1.807) is 32.9 Å². The first-order chi connectivity index (χ1) is 7.12. The van der Waals surface area contributed by atoms with E-state index < -0.39 is 11.1 Å². The lowest BCUT2D eigenvalue weighted by Gasteiger charge is -2.32. The number of aliphatic hydroxyl groups is 1. The van der Waals surface area contributed by atoms with Gasteiger partial charge in [-0.25, -0.2) is 4.39 Å². The van der Waals surface area contributed by atoms with Crippen LogP contribution in [0.3, 0.4) is 0 Å². The predicted molar refractivity (Wildman–Crippen MR) is 66.6 cm³/mol. The Morgan fingerprint density at radius 1 is 1.38 bits per heavy atom. The molecule has 0 aliphatic rings. The van der Waals surface area contributed by atoms with Crippen LogP contribution in [0.25, 0.3) is 0 Å². The lowest BCUT2D eigenvalue weighted by Crippen LogP contribution is -2.41. The van der Waals surface area contributed by atoms with Crippen LogP contribution in [0.5, 0.6) is 0 Å². The smallest absolute Gasteiger partial charge is 0.128 e. The standard InChI is InChI=1S/C12H17BrFNO/c1-11(2,16)7-12(3,15)9-6-8(13)4-5-10(9)14/h4-6,16H,7,15H2,1-3H3/t12-/m0/s1. The first-order valence-corrected chi connectivity index (χ1v) is 5.88. The number of benzene rings is 1. The van der Waals surface area contributed by atoms with Gasteiger partial charge in [0, 0.05) is 15.6 Å². The van der Waals surface area contributed by atoms with Crippen molar-refractivity contribution < 1.29 is 9.50 Å². The third-order valence-corrected chi connectivity index (χ3v) is 2.84. The summed E-state index contributed by atoms with van der Waals surface area (Å²) < 4.78 is 14.4. The highest BCUT2D eigenvalue weighted by molar-refractivity contribution is 9.10. The van der Waals surface area contributed by atoms with Gasteiger partial charge in [-0.15, -0.1) is 0 Å². The maximum Gasteiger partial charge on any atom is 0.128 e. The lowest BCUT2D eigenvalue weighted by atomic mass is 9.83.